The van der Waals surface area contributed by atoms with Crippen molar-refractivity contribution in [2.24, 2.45) is 0 Å². The van der Waals surface area contributed by atoms with Gasteiger partial charge in [0.1, 0.15) is 17.0 Å². The van der Waals surface area contributed by atoms with E-state index in [-0.39, 0.29) is 17.9 Å². The molecule has 102 valence electrons. The molecule has 0 saturated heterocycles. The monoisotopic (exact) mass is 254 g/mol. The van der Waals surface area contributed by atoms with E-state index in [1.165, 1.54) is 0 Å². The van der Waals surface area contributed by atoms with Gasteiger partial charge in [0.05, 0.1) is 5.60 Å². The van der Waals surface area contributed by atoms with Crippen molar-refractivity contribution in [3.8, 4) is 0 Å². The number of carbonyl (C=O) groups excluding carboxylic acids is 1. The Morgan fingerprint density at radius 1 is 1.33 bits per heavy atom. The molecular formula is C13H22N2O3. The molecule has 0 unspecified atom stereocenters. The molecule has 1 aromatic rings. The summed E-state index contributed by atoms with van der Waals surface area (Å²) >= 11 is 0. The lowest BCUT2D eigenvalue weighted by Crippen LogP contribution is -2.39. The molecule has 1 rings (SSSR count). The molecule has 0 radical (unpaired) electrons. The van der Waals surface area contributed by atoms with Crippen molar-refractivity contribution in [1.29, 1.82) is 0 Å². The van der Waals surface area contributed by atoms with E-state index < -0.39 is 5.60 Å². The van der Waals surface area contributed by atoms with Crippen LogP contribution in [0.5, 0.6) is 0 Å². The van der Waals surface area contributed by atoms with E-state index in [1.54, 1.807) is 20.8 Å². The molecule has 1 amide bonds. The second-order valence-electron chi connectivity index (χ2n) is 6.21. The predicted octanol–water partition coefficient (Wildman–Crippen LogP) is 1.78. The normalized spacial score (nSPS) is 12.6. The second-order valence-corrected chi connectivity index (χ2v) is 6.21. The minimum absolute atomic E-state index is 0.181. The average Bonchev–Trinajstić information content (AvgIpc) is 2.55. The van der Waals surface area contributed by atoms with Gasteiger partial charge in [-0.15, -0.1) is 0 Å². The van der Waals surface area contributed by atoms with Crippen molar-refractivity contribution in [1.82, 2.24) is 10.5 Å². The number of aliphatic hydroxyl groups is 1. The first-order valence-electron chi connectivity index (χ1n) is 6.00. The number of nitrogens with one attached hydrogen (secondary N) is 1. The topological polar surface area (TPSA) is 75.4 Å². The number of aromatic nitrogens is 1. The molecule has 18 heavy (non-hydrogen) atoms. The quantitative estimate of drug-likeness (QED) is 0.862. The van der Waals surface area contributed by atoms with Gasteiger partial charge in [-0.25, -0.2) is 0 Å². The molecule has 0 bridgehead atoms. The molecule has 2 N–H and O–H groups in total. The third-order valence-corrected chi connectivity index (χ3v) is 2.48. The first-order chi connectivity index (χ1) is 8.02. The molecule has 5 nitrogen and oxygen atoms in total. The standard InChI is InChI=1S/C13H22N2O3/c1-8-9(10(15-18-8)12(2,3)4)11(16)14-7-13(5,6)17/h17H,7H2,1-6H3,(H,14,16). The number of amides is 1. The third kappa shape index (κ3) is 3.57. The maximum atomic E-state index is 12.1. The Hall–Kier alpha value is -1.36. The van der Waals surface area contributed by atoms with E-state index in [1.807, 2.05) is 20.8 Å². The van der Waals surface area contributed by atoms with Crippen LogP contribution in [0.15, 0.2) is 4.52 Å². The third-order valence-electron chi connectivity index (χ3n) is 2.48. The van der Waals surface area contributed by atoms with E-state index in [0.29, 0.717) is 17.0 Å². The van der Waals surface area contributed by atoms with Crippen molar-refractivity contribution >= 4 is 5.91 Å². The van der Waals surface area contributed by atoms with E-state index in [2.05, 4.69) is 10.5 Å². The number of nitrogens with zero attached hydrogens (tertiary/aromatic N) is 1. The zero-order valence-electron chi connectivity index (χ0n) is 11.9. The molecule has 0 aliphatic rings. The molecule has 0 aliphatic heterocycles. The molecule has 5 heteroatoms. The van der Waals surface area contributed by atoms with Crippen LogP contribution in [0.3, 0.4) is 0 Å². The highest BCUT2D eigenvalue weighted by Crippen LogP contribution is 2.26. The van der Waals surface area contributed by atoms with E-state index in [4.69, 9.17) is 4.52 Å². The second kappa shape index (κ2) is 4.72. The van der Waals surface area contributed by atoms with Gasteiger partial charge < -0.3 is 14.9 Å². The van der Waals surface area contributed by atoms with E-state index in [9.17, 15) is 9.90 Å². The molecule has 0 aliphatic carbocycles. The maximum absolute atomic E-state index is 12.1. The van der Waals surface area contributed by atoms with Crippen LogP contribution >= 0.6 is 0 Å². The van der Waals surface area contributed by atoms with Gasteiger partial charge >= 0.3 is 0 Å². The van der Waals surface area contributed by atoms with Crippen LogP contribution in [-0.4, -0.2) is 28.3 Å². The zero-order valence-corrected chi connectivity index (χ0v) is 11.9. The largest absolute Gasteiger partial charge is 0.389 e. The minimum atomic E-state index is -0.942. The van der Waals surface area contributed by atoms with Crippen molar-refractivity contribution in [2.45, 2.75) is 52.6 Å². The summed E-state index contributed by atoms with van der Waals surface area (Å²) in [5.74, 6) is 0.231. The lowest BCUT2D eigenvalue weighted by molar-refractivity contribution is 0.0692. The summed E-state index contributed by atoms with van der Waals surface area (Å²) in [5.41, 5.74) is -0.109. The molecule has 1 aromatic heterocycles. The Balaban J connectivity index is 2.96. The van der Waals surface area contributed by atoms with Gasteiger partial charge in [0, 0.05) is 12.0 Å². The van der Waals surface area contributed by atoms with Crippen molar-refractivity contribution in [3.63, 3.8) is 0 Å². The van der Waals surface area contributed by atoms with Gasteiger partial charge in [0.25, 0.3) is 5.91 Å². The molecule has 0 fully saturated rings. The molecule has 0 saturated carbocycles. The van der Waals surface area contributed by atoms with Crippen molar-refractivity contribution < 1.29 is 14.4 Å². The van der Waals surface area contributed by atoms with Crippen molar-refractivity contribution in [2.75, 3.05) is 6.54 Å². The van der Waals surface area contributed by atoms with Crippen molar-refractivity contribution in [3.05, 3.63) is 17.0 Å². The Morgan fingerprint density at radius 3 is 2.33 bits per heavy atom. The van der Waals surface area contributed by atoms with Gasteiger partial charge in [-0.2, -0.15) is 0 Å². The smallest absolute Gasteiger partial charge is 0.256 e. The van der Waals surface area contributed by atoms with Crippen LogP contribution in [0.2, 0.25) is 0 Å². The van der Waals surface area contributed by atoms with Crippen LogP contribution < -0.4 is 5.32 Å². The summed E-state index contributed by atoms with van der Waals surface area (Å²) < 4.78 is 5.10. The molecule has 0 atom stereocenters. The highest BCUT2D eigenvalue weighted by molar-refractivity contribution is 5.96. The van der Waals surface area contributed by atoms with Crippen LogP contribution in [0.25, 0.3) is 0 Å². The maximum Gasteiger partial charge on any atom is 0.256 e. The Bertz CT molecular complexity index is 436. The molecule has 0 spiro atoms. The average molecular weight is 254 g/mol. The number of hydrogen-bond donors (Lipinski definition) is 2. The first-order valence-corrected chi connectivity index (χ1v) is 6.00. The molecule has 1 heterocycles. The summed E-state index contributed by atoms with van der Waals surface area (Å²) in [7, 11) is 0. The van der Waals surface area contributed by atoms with Gasteiger partial charge in [-0.1, -0.05) is 25.9 Å². The highest BCUT2D eigenvalue weighted by Gasteiger charge is 2.29. The summed E-state index contributed by atoms with van der Waals surface area (Å²) in [5, 5.41) is 16.3. The summed E-state index contributed by atoms with van der Waals surface area (Å²) in [6, 6.07) is 0. The van der Waals surface area contributed by atoms with Crippen LogP contribution in [-0.2, 0) is 5.41 Å². The van der Waals surface area contributed by atoms with Gasteiger partial charge in [0.2, 0.25) is 0 Å². The lowest BCUT2D eigenvalue weighted by atomic mass is 9.88. The van der Waals surface area contributed by atoms with E-state index in [0.717, 1.165) is 0 Å². The van der Waals surface area contributed by atoms with Crippen LogP contribution in [0.1, 0.15) is 56.4 Å². The predicted molar refractivity (Wildman–Crippen MR) is 68.6 cm³/mol. The van der Waals surface area contributed by atoms with Crippen LogP contribution in [0.4, 0.5) is 0 Å². The first kappa shape index (κ1) is 14.7. The Morgan fingerprint density at radius 2 is 1.89 bits per heavy atom. The SMILES string of the molecule is Cc1onc(C(C)(C)C)c1C(=O)NCC(C)(C)O. The van der Waals surface area contributed by atoms with Gasteiger partial charge in [-0.3, -0.25) is 4.79 Å². The Labute approximate surface area is 108 Å². The Kier molecular flexibility index (Phi) is 3.86. The lowest BCUT2D eigenvalue weighted by Gasteiger charge is -2.19. The van der Waals surface area contributed by atoms with Gasteiger partial charge in [-0.05, 0) is 20.8 Å². The fraction of sp³-hybridized carbons (Fsp3) is 0.692. The minimum Gasteiger partial charge on any atom is -0.389 e. The number of rotatable bonds is 3. The molecular weight excluding hydrogens is 232 g/mol. The number of carbonyl (C=O) groups is 1. The number of aryl methyl sites for hydroxylation is 1. The zero-order chi connectivity index (χ0) is 14.1. The van der Waals surface area contributed by atoms with Crippen LogP contribution in [0, 0.1) is 6.92 Å². The number of hydrogen-bond acceptors (Lipinski definition) is 4. The summed E-state index contributed by atoms with van der Waals surface area (Å²) in [6.07, 6.45) is 0. The van der Waals surface area contributed by atoms with Gasteiger partial charge in [0.15, 0.2) is 0 Å². The van der Waals surface area contributed by atoms with E-state index >= 15 is 0 Å². The summed E-state index contributed by atoms with van der Waals surface area (Å²) in [4.78, 5) is 12.1. The molecule has 0 aromatic carbocycles. The summed E-state index contributed by atoms with van der Waals surface area (Å²) in [6.45, 7) is 11.1. The fourth-order valence-corrected chi connectivity index (χ4v) is 1.54. The fourth-order valence-electron chi connectivity index (χ4n) is 1.54. The highest BCUT2D eigenvalue weighted by atomic mass is 16.5.